The zero-order valence-electron chi connectivity index (χ0n) is 14.5. The van der Waals surface area contributed by atoms with Crippen molar-refractivity contribution in [2.75, 3.05) is 25.0 Å². The van der Waals surface area contributed by atoms with Gasteiger partial charge >= 0.3 is 0 Å². The van der Waals surface area contributed by atoms with Gasteiger partial charge in [0.1, 0.15) is 0 Å². The second kappa shape index (κ2) is 7.99. The van der Waals surface area contributed by atoms with Crippen LogP contribution in [0.5, 0.6) is 0 Å². The largest absolute Gasteiger partial charge is 0.354 e. The molecule has 0 unspecified atom stereocenters. The van der Waals surface area contributed by atoms with Gasteiger partial charge in [-0.15, -0.1) is 11.3 Å². The number of carbonyl (C=O) groups excluding carboxylic acids is 2. The number of nitrogens with one attached hydrogen (secondary N) is 2. The van der Waals surface area contributed by atoms with Crippen LogP contribution in [0.4, 0.5) is 5.69 Å². The molecule has 1 saturated heterocycles. The van der Waals surface area contributed by atoms with Crippen LogP contribution in [0.25, 0.3) is 6.08 Å². The number of nitrogens with zero attached hydrogens (tertiary/aromatic N) is 2. The molecule has 0 bridgehead atoms. The predicted molar refractivity (Wildman–Crippen MR) is 103 cm³/mol. The van der Waals surface area contributed by atoms with E-state index >= 15 is 0 Å². The Labute approximate surface area is 161 Å². The van der Waals surface area contributed by atoms with Gasteiger partial charge in [-0.1, -0.05) is 6.07 Å². The minimum Gasteiger partial charge on any atom is -0.354 e. The van der Waals surface area contributed by atoms with Gasteiger partial charge in [0.25, 0.3) is 0 Å². The van der Waals surface area contributed by atoms with Crippen molar-refractivity contribution in [3.05, 3.63) is 46.4 Å². The first-order valence-corrected chi connectivity index (χ1v) is 10.4. The van der Waals surface area contributed by atoms with Crippen molar-refractivity contribution in [2.45, 2.75) is 11.8 Å². The molecule has 0 aliphatic carbocycles. The van der Waals surface area contributed by atoms with Crippen LogP contribution in [0.1, 0.15) is 10.7 Å². The van der Waals surface area contributed by atoms with Crippen molar-refractivity contribution in [3.8, 4) is 0 Å². The first-order chi connectivity index (χ1) is 12.8. The predicted octanol–water partition coefficient (Wildman–Crippen LogP) is 1.22. The summed E-state index contributed by atoms with van der Waals surface area (Å²) in [5, 5.41) is 7.96. The highest BCUT2D eigenvalue weighted by atomic mass is 32.2. The number of anilines is 1. The van der Waals surface area contributed by atoms with Crippen LogP contribution in [0.15, 0.2) is 40.6 Å². The smallest absolute Gasteiger partial charge is 0.248 e. The van der Waals surface area contributed by atoms with Gasteiger partial charge in [-0.05, 0) is 31.2 Å². The average Bonchev–Trinajstić information content (AvgIpc) is 3.05. The Morgan fingerprint density at radius 3 is 2.93 bits per heavy atom. The average molecular weight is 406 g/mol. The summed E-state index contributed by atoms with van der Waals surface area (Å²) in [4.78, 5) is 27.8. The topological polar surface area (TPSA) is 108 Å². The van der Waals surface area contributed by atoms with Crippen LogP contribution < -0.4 is 10.6 Å². The first kappa shape index (κ1) is 19.2. The number of rotatable bonds is 5. The Morgan fingerprint density at radius 1 is 1.41 bits per heavy atom. The van der Waals surface area contributed by atoms with E-state index in [0.717, 1.165) is 9.31 Å². The summed E-state index contributed by atoms with van der Waals surface area (Å²) in [5.41, 5.74) is 1.04. The second-order valence-electron chi connectivity index (χ2n) is 5.83. The monoisotopic (exact) mass is 406 g/mol. The van der Waals surface area contributed by atoms with Crippen molar-refractivity contribution in [1.29, 1.82) is 0 Å². The molecule has 0 radical (unpaired) electrons. The molecule has 10 heteroatoms. The zero-order chi connectivity index (χ0) is 19.4. The first-order valence-electron chi connectivity index (χ1n) is 8.13. The van der Waals surface area contributed by atoms with E-state index in [1.165, 1.54) is 29.5 Å². The number of aromatic nitrogens is 1. The molecule has 1 aliphatic heterocycles. The number of piperazine rings is 1. The lowest BCUT2D eigenvalue weighted by molar-refractivity contribution is -0.122. The van der Waals surface area contributed by atoms with E-state index in [1.54, 1.807) is 18.2 Å². The summed E-state index contributed by atoms with van der Waals surface area (Å²) in [5.74, 6) is -0.732. The van der Waals surface area contributed by atoms with E-state index in [1.807, 2.05) is 12.3 Å². The standard InChI is InChI=1S/C17H18N4O4S2/c1-12-19-14(11-26-12)5-6-16(22)20-13-3-2-4-15(9-13)27(24,25)21-8-7-18-17(23)10-21/h2-6,9,11H,7-8,10H2,1H3,(H,18,23)(H,20,22)/b6-5+. The maximum Gasteiger partial charge on any atom is 0.248 e. The molecule has 1 aromatic heterocycles. The normalized spacial score (nSPS) is 15.7. The van der Waals surface area contributed by atoms with E-state index in [9.17, 15) is 18.0 Å². The van der Waals surface area contributed by atoms with E-state index < -0.39 is 15.9 Å². The molecule has 2 aromatic rings. The molecule has 3 rings (SSSR count). The number of benzene rings is 1. The van der Waals surface area contributed by atoms with Gasteiger partial charge in [0, 0.05) is 30.2 Å². The van der Waals surface area contributed by atoms with E-state index in [4.69, 9.17) is 0 Å². The summed E-state index contributed by atoms with van der Waals surface area (Å²) in [7, 11) is -3.81. The van der Waals surface area contributed by atoms with Gasteiger partial charge in [0.15, 0.2) is 0 Å². The Morgan fingerprint density at radius 2 is 2.22 bits per heavy atom. The molecular weight excluding hydrogens is 388 g/mol. The molecule has 0 saturated carbocycles. The minimum absolute atomic E-state index is 0.0223. The zero-order valence-corrected chi connectivity index (χ0v) is 16.1. The Hall–Kier alpha value is -2.56. The number of hydrogen-bond donors (Lipinski definition) is 2. The molecule has 2 N–H and O–H groups in total. The van der Waals surface area contributed by atoms with Crippen molar-refractivity contribution in [1.82, 2.24) is 14.6 Å². The molecule has 2 amide bonds. The fraction of sp³-hybridized carbons (Fsp3) is 0.235. The molecule has 1 aromatic carbocycles. The quantitative estimate of drug-likeness (QED) is 0.726. The third kappa shape index (κ3) is 4.79. The van der Waals surface area contributed by atoms with Crippen LogP contribution in [0.3, 0.4) is 0 Å². The van der Waals surface area contributed by atoms with Crippen molar-refractivity contribution >= 4 is 44.9 Å². The van der Waals surface area contributed by atoms with Gasteiger partial charge in [-0.25, -0.2) is 13.4 Å². The lowest BCUT2D eigenvalue weighted by atomic mass is 10.3. The van der Waals surface area contributed by atoms with Crippen LogP contribution in [-0.4, -0.2) is 49.2 Å². The Balaban J connectivity index is 1.72. The van der Waals surface area contributed by atoms with Gasteiger partial charge in [-0.2, -0.15) is 4.31 Å². The molecular formula is C17H18N4O4S2. The maximum absolute atomic E-state index is 12.7. The SMILES string of the molecule is Cc1nc(/C=C/C(=O)Nc2cccc(S(=O)(=O)N3CCNC(=O)C3)c2)cs1. The molecule has 27 heavy (non-hydrogen) atoms. The highest BCUT2D eigenvalue weighted by Crippen LogP contribution is 2.20. The van der Waals surface area contributed by atoms with Crippen LogP contribution in [0.2, 0.25) is 0 Å². The van der Waals surface area contributed by atoms with Crippen LogP contribution >= 0.6 is 11.3 Å². The summed E-state index contributed by atoms with van der Waals surface area (Å²) in [6.07, 6.45) is 2.93. The number of hydrogen-bond acceptors (Lipinski definition) is 6. The summed E-state index contributed by atoms with van der Waals surface area (Å²) in [6, 6.07) is 5.95. The summed E-state index contributed by atoms with van der Waals surface area (Å²) >= 11 is 1.48. The Kier molecular flexibility index (Phi) is 5.68. The van der Waals surface area contributed by atoms with Crippen molar-refractivity contribution in [2.24, 2.45) is 0 Å². The molecule has 2 heterocycles. The molecule has 8 nitrogen and oxygen atoms in total. The lowest BCUT2D eigenvalue weighted by Gasteiger charge is -2.26. The third-order valence-corrected chi connectivity index (χ3v) is 6.42. The van der Waals surface area contributed by atoms with Crippen LogP contribution in [0, 0.1) is 6.92 Å². The number of sulfonamides is 1. The van der Waals surface area contributed by atoms with Gasteiger partial charge in [-0.3, -0.25) is 9.59 Å². The van der Waals surface area contributed by atoms with Crippen molar-refractivity contribution in [3.63, 3.8) is 0 Å². The Bertz CT molecular complexity index is 998. The second-order valence-corrected chi connectivity index (χ2v) is 8.83. The van der Waals surface area contributed by atoms with Gasteiger partial charge < -0.3 is 10.6 Å². The number of thiazole rings is 1. The number of carbonyl (C=O) groups is 2. The lowest BCUT2D eigenvalue weighted by Crippen LogP contribution is -2.49. The van der Waals surface area contributed by atoms with E-state index in [0.29, 0.717) is 11.4 Å². The van der Waals surface area contributed by atoms with Crippen molar-refractivity contribution < 1.29 is 18.0 Å². The fourth-order valence-electron chi connectivity index (χ4n) is 2.51. The molecule has 142 valence electrons. The highest BCUT2D eigenvalue weighted by Gasteiger charge is 2.29. The van der Waals surface area contributed by atoms with E-state index in [2.05, 4.69) is 15.6 Å². The van der Waals surface area contributed by atoms with E-state index in [-0.39, 0.29) is 30.4 Å². The highest BCUT2D eigenvalue weighted by molar-refractivity contribution is 7.89. The van der Waals surface area contributed by atoms with Gasteiger partial charge in [0.05, 0.1) is 22.1 Å². The van der Waals surface area contributed by atoms with Crippen LogP contribution in [-0.2, 0) is 19.6 Å². The summed E-state index contributed by atoms with van der Waals surface area (Å²) in [6.45, 7) is 2.14. The third-order valence-electron chi connectivity index (χ3n) is 3.78. The maximum atomic E-state index is 12.7. The molecule has 1 aliphatic rings. The number of amides is 2. The van der Waals surface area contributed by atoms with Gasteiger partial charge in [0.2, 0.25) is 21.8 Å². The molecule has 1 fully saturated rings. The fourth-order valence-corrected chi connectivity index (χ4v) is 4.53. The summed E-state index contributed by atoms with van der Waals surface area (Å²) < 4.78 is 26.5. The molecule has 0 atom stereocenters. The minimum atomic E-state index is -3.81. The number of aryl methyl sites for hydroxylation is 1. The molecule has 0 spiro atoms.